The fraction of sp³-hybridized carbons (Fsp3) is 0.941. The number of nitrogens with zero attached hydrogens (tertiary/aromatic N) is 1. The molecule has 1 aliphatic rings. The lowest BCUT2D eigenvalue weighted by Crippen LogP contribution is -2.62. The van der Waals surface area contributed by atoms with Gasteiger partial charge in [-0.05, 0) is 51.1 Å². The van der Waals surface area contributed by atoms with Crippen LogP contribution in [0.4, 0.5) is 0 Å². The number of methoxy groups -OCH3 is 1. The highest BCUT2D eigenvalue weighted by Gasteiger charge is 2.52. The number of likely N-dealkylation sites (N-methyl/N-ethyl adjacent to an activating group) is 1. The number of hydrogen-bond acceptors (Lipinski definition) is 4. The standard InChI is InChI=1S/C17H34N2O2/c1-8-11-18-17(14-9-10-14,15(20)21-7)12-19(6)13(2)16(3,4)5/h13-14,18H,8-12H2,1-7H3. The van der Waals surface area contributed by atoms with Crippen LogP contribution in [-0.4, -0.2) is 49.7 Å². The SMILES string of the molecule is CCCNC(CN(C)C(C)C(C)(C)C)(C(=O)OC)C1CC1. The van der Waals surface area contributed by atoms with Crippen molar-refractivity contribution in [3.05, 3.63) is 0 Å². The lowest BCUT2D eigenvalue weighted by Gasteiger charge is -2.42. The Morgan fingerprint density at radius 3 is 2.33 bits per heavy atom. The minimum atomic E-state index is -0.543. The Balaban J connectivity index is 2.93. The summed E-state index contributed by atoms with van der Waals surface area (Å²) in [5.41, 5.74) is -0.357. The quantitative estimate of drug-likeness (QED) is 0.700. The van der Waals surface area contributed by atoms with E-state index < -0.39 is 5.54 Å². The molecule has 1 fully saturated rings. The summed E-state index contributed by atoms with van der Waals surface area (Å²) in [4.78, 5) is 14.8. The zero-order valence-electron chi connectivity index (χ0n) is 15.0. The average Bonchev–Trinajstić information content (AvgIpc) is 3.25. The van der Waals surface area contributed by atoms with E-state index in [-0.39, 0.29) is 11.4 Å². The largest absolute Gasteiger partial charge is 0.468 e. The first-order chi connectivity index (χ1) is 9.69. The Bertz CT molecular complexity index is 347. The lowest BCUT2D eigenvalue weighted by atomic mass is 9.85. The van der Waals surface area contributed by atoms with Crippen LogP contribution in [0.2, 0.25) is 0 Å². The summed E-state index contributed by atoms with van der Waals surface area (Å²) in [5, 5.41) is 3.52. The van der Waals surface area contributed by atoms with E-state index in [0.29, 0.717) is 18.5 Å². The number of rotatable bonds is 8. The van der Waals surface area contributed by atoms with Crippen LogP contribution in [-0.2, 0) is 9.53 Å². The molecule has 4 nitrogen and oxygen atoms in total. The molecule has 0 aliphatic heterocycles. The van der Waals surface area contributed by atoms with E-state index in [1.807, 2.05) is 0 Å². The normalized spacial score (nSPS) is 20.2. The molecule has 0 aromatic carbocycles. The third-order valence-electron chi connectivity index (χ3n) is 4.93. The number of ether oxygens (including phenoxy) is 1. The molecule has 0 spiro atoms. The summed E-state index contributed by atoms with van der Waals surface area (Å²) < 4.78 is 5.15. The van der Waals surface area contributed by atoms with Gasteiger partial charge in [-0.15, -0.1) is 0 Å². The van der Waals surface area contributed by atoms with Crippen molar-refractivity contribution < 1.29 is 9.53 Å². The van der Waals surface area contributed by atoms with E-state index in [0.717, 1.165) is 25.8 Å². The van der Waals surface area contributed by atoms with Crippen molar-refractivity contribution >= 4 is 5.97 Å². The Morgan fingerprint density at radius 2 is 1.95 bits per heavy atom. The Hall–Kier alpha value is -0.610. The van der Waals surface area contributed by atoms with Crippen LogP contribution in [0.5, 0.6) is 0 Å². The molecule has 0 amide bonds. The number of carbonyl (C=O) groups is 1. The zero-order valence-corrected chi connectivity index (χ0v) is 15.0. The number of hydrogen-bond donors (Lipinski definition) is 1. The first kappa shape index (κ1) is 18.4. The van der Waals surface area contributed by atoms with Crippen LogP contribution < -0.4 is 5.32 Å². The first-order valence-electron chi connectivity index (χ1n) is 8.22. The number of carbonyl (C=O) groups excluding carboxylic acids is 1. The van der Waals surface area contributed by atoms with E-state index in [1.165, 1.54) is 7.11 Å². The molecule has 1 saturated carbocycles. The molecule has 0 aromatic rings. The van der Waals surface area contributed by atoms with E-state index in [1.54, 1.807) is 0 Å². The molecule has 1 aliphatic carbocycles. The van der Waals surface area contributed by atoms with Crippen molar-refractivity contribution in [3.8, 4) is 0 Å². The van der Waals surface area contributed by atoms with Gasteiger partial charge < -0.3 is 15.0 Å². The molecular formula is C17H34N2O2. The lowest BCUT2D eigenvalue weighted by molar-refractivity contribution is -0.151. The van der Waals surface area contributed by atoms with Gasteiger partial charge in [-0.1, -0.05) is 27.7 Å². The van der Waals surface area contributed by atoms with Gasteiger partial charge in [0, 0.05) is 12.6 Å². The van der Waals surface area contributed by atoms with E-state index in [2.05, 4.69) is 51.9 Å². The second-order valence-electron chi connectivity index (χ2n) is 7.62. The molecule has 1 N–H and O–H groups in total. The molecule has 2 atom stereocenters. The minimum Gasteiger partial charge on any atom is -0.468 e. The van der Waals surface area contributed by atoms with Crippen molar-refractivity contribution in [1.29, 1.82) is 0 Å². The molecule has 0 heterocycles. The molecule has 0 bridgehead atoms. The maximum Gasteiger partial charge on any atom is 0.327 e. The molecule has 4 heteroatoms. The van der Waals surface area contributed by atoms with Crippen molar-refractivity contribution in [1.82, 2.24) is 10.2 Å². The monoisotopic (exact) mass is 298 g/mol. The van der Waals surface area contributed by atoms with Gasteiger partial charge in [-0.2, -0.15) is 0 Å². The molecular weight excluding hydrogens is 264 g/mol. The summed E-state index contributed by atoms with van der Waals surface area (Å²) in [6, 6.07) is 0.392. The third-order valence-corrected chi connectivity index (χ3v) is 4.93. The number of esters is 1. The molecule has 0 saturated heterocycles. The maximum atomic E-state index is 12.5. The highest BCUT2D eigenvalue weighted by Crippen LogP contribution is 2.41. The third kappa shape index (κ3) is 4.43. The smallest absolute Gasteiger partial charge is 0.327 e. The van der Waals surface area contributed by atoms with Gasteiger partial charge in [-0.25, -0.2) is 4.79 Å². The van der Waals surface area contributed by atoms with Gasteiger partial charge in [0.25, 0.3) is 0 Å². The van der Waals surface area contributed by atoms with Crippen LogP contribution >= 0.6 is 0 Å². The molecule has 2 unspecified atom stereocenters. The van der Waals surface area contributed by atoms with Gasteiger partial charge in [0.2, 0.25) is 0 Å². The van der Waals surface area contributed by atoms with Gasteiger partial charge >= 0.3 is 5.97 Å². The Labute approximate surface area is 130 Å². The Morgan fingerprint density at radius 1 is 1.38 bits per heavy atom. The maximum absolute atomic E-state index is 12.5. The van der Waals surface area contributed by atoms with Crippen molar-refractivity contribution in [2.45, 2.75) is 65.5 Å². The van der Waals surface area contributed by atoms with Crippen molar-refractivity contribution in [2.75, 3.05) is 27.2 Å². The Kier molecular flexibility index (Phi) is 6.23. The second-order valence-corrected chi connectivity index (χ2v) is 7.62. The number of nitrogens with one attached hydrogen (secondary N) is 1. The average molecular weight is 298 g/mol. The van der Waals surface area contributed by atoms with E-state index in [9.17, 15) is 4.79 Å². The first-order valence-corrected chi connectivity index (χ1v) is 8.22. The molecule has 0 radical (unpaired) electrons. The highest BCUT2D eigenvalue weighted by molar-refractivity contribution is 5.82. The van der Waals surface area contributed by atoms with Crippen LogP contribution in [0.15, 0.2) is 0 Å². The van der Waals surface area contributed by atoms with E-state index in [4.69, 9.17) is 4.74 Å². The fourth-order valence-electron chi connectivity index (χ4n) is 2.93. The van der Waals surface area contributed by atoms with E-state index >= 15 is 0 Å². The van der Waals surface area contributed by atoms with Gasteiger partial charge in [0.1, 0.15) is 5.54 Å². The van der Waals surface area contributed by atoms with Crippen LogP contribution in [0.1, 0.15) is 53.9 Å². The predicted octanol–water partition coefficient (Wildman–Crippen LogP) is 2.67. The minimum absolute atomic E-state index is 0.105. The molecule has 124 valence electrons. The topological polar surface area (TPSA) is 41.6 Å². The fourth-order valence-corrected chi connectivity index (χ4v) is 2.93. The molecule has 0 aromatic heterocycles. The van der Waals surface area contributed by atoms with Crippen LogP contribution in [0.3, 0.4) is 0 Å². The molecule has 1 rings (SSSR count). The van der Waals surface area contributed by atoms with Crippen molar-refractivity contribution in [2.24, 2.45) is 11.3 Å². The summed E-state index contributed by atoms with van der Waals surface area (Å²) in [6.45, 7) is 12.6. The summed E-state index contributed by atoms with van der Waals surface area (Å²) in [7, 11) is 3.61. The molecule has 21 heavy (non-hydrogen) atoms. The zero-order chi connectivity index (χ0) is 16.3. The summed E-state index contributed by atoms with van der Waals surface area (Å²) >= 11 is 0. The predicted molar refractivity (Wildman–Crippen MR) is 87.3 cm³/mol. The van der Waals surface area contributed by atoms with Crippen LogP contribution in [0, 0.1) is 11.3 Å². The summed E-state index contributed by atoms with van der Waals surface area (Å²) in [6.07, 6.45) is 3.25. The second kappa shape index (κ2) is 7.10. The highest BCUT2D eigenvalue weighted by atomic mass is 16.5. The summed E-state index contributed by atoms with van der Waals surface area (Å²) in [5.74, 6) is 0.303. The van der Waals surface area contributed by atoms with Crippen LogP contribution in [0.25, 0.3) is 0 Å². The van der Waals surface area contributed by atoms with Gasteiger partial charge in [0.15, 0.2) is 0 Å². The van der Waals surface area contributed by atoms with Gasteiger partial charge in [-0.3, -0.25) is 0 Å². The van der Waals surface area contributed by atoms with Crippen molar-refractivity contribution in [3.63, 3.8) is 0 Å². The van der Waals surface area contributed by atoms with Gasteiger partial charge in [0.05, 0.1) is 7.11 Å².